The molecular formula is C25H30N4O3S. The number of rotatable bonds is 10. The Kier molecular flexibility index (Phi) is 8.38. The Balaban J connectivity index is 1.20. The highest BCUT2D eigenvalue weighted by Crippen LogP contribution is 2.22. The van der Waals surface area contributed by atoms with Crippen molar-refractivity contribution in [3.05, 3.63) is 60.5 Å². The summed E-state index contributed by atoms with van der Waals surface area (Å²) in [5.41, 5.74) is 0.882. The first-order chi connectivity index (χ1) is 16.2. The number of carbonyl (C=O) groups is 1. The second kappa shape index (κ2) is 11.9. The van der Waals surface area contributed by atoms with Crippen LogP contribution >= 0.6 is 11.8 Å². The minimum absolute atomic E-state index is 0.00417. The monoisotopic (exact) mass is 466 g/mol. The van der Waals surface area contributed by atoms with Crippen LogP contribution in [0.15, 0.2) is 64.0 Å². The summed E-state index contributed by atoms with van der Waals surface area (Å²) < 4.78 is 10.7. The SMILES string of the molecule is COc1ccc(-c2noc(CN3CCCC(C(=O)NCCCSc4ccccc4)C3)n2)cc1. The molecule has 1 amide bonds. The van der Waals surface area contributed by atoms with Gasteiger partial charge in [-0.2, -0.15) is 4.98 Å². The van der Waals surface area contributed by atoms with Crippen molar-refractivity contribution in [1.29, 1.82) is 0 Å². The Bertz CT molecular complexity index is 1010. The van der Waals surface area contributed by atoms with Gasteiger partial charge in [-0.05, 0) is 68.0 Å². The number of thioether (sulfide) groups is 1. The number of methoxy groups -OCH3 is 1. The van der Waals surface area contributed by atoms with E-state index in [2.05, 4.69) is 32.5 Å². The van der Waals surface area contributed by atoms with Gasteiger partial charge in [-0.3, -0.25) is 9.69 Å². The summed E-state index contributed by atoms with van der Waals surface area (Å²) in [5.74, 6) is 3.06. The van der Waals surface area contributed by atoms with Gasteiger partial charge in [0.2, 0.25) is 17.6 Å². The first kappa shape index (κ1) is 23.3. The molecule has 3 aromatic rings. The van der Waals surface area contributed by atoms with Gasteiger partial charge in [0.15, 0.2) is 0 Å². The van der Waals surface area contributed by atoms with Crippen LogP contribution in [-0.4, -0.2) is 53.4 Å². The van der Waals surface area contributed by atoms with E-state index in [9.17, 15) is 4.79 Å². The number of hydrogen-bond acceptors (Lipinski definition) is 7. The minimum atomic E-state index is 0.00417. The molecule has 1 aliphatic heterocycles. The van der Waals surface area contributed by atoms with E-state index in [1.54, 1.807) is 7.11 Å². The molecule has 33 heavy (non-hydrogen) atoms. The summed E-state index contributed by atoms with van der Waals surface area (Å²) in [6, 6.07) is 17.9. The fourth-order valence-corrected chi connectivity index (χ4v) is 4.79. The van der Waals surface area contributed by atoms with Crippen LogP contribution in [0.5, 0.6) is 5.75 Å². The van der Waals surface area contributed by atoms with Crippen LogP contribution in [0.1, 0.15) is 25.2 Å². The molecule has 174 valence electrons. The van der Waals surface area contributed by atoms with E-state index in [4.69, 9.17) is 9.26 Å². The molecule has 1 atom stereocenters. The third-order valence-corrected chi connectivity index (χ3v) is 6.78. The van der Waals surface area contributed by atoms with Crippen molar-refractivity contribution in [3.8, 4) is 17.1 Å². The molecule has 0 saturated carbocycles. The van der Waals surface area contributed by atoms with Gasteiger partial charge in [0.05, 0.1) is 19.6 Å². The summed E-state index contributed by atoms with van der Waals surface area (Å²) in [7, 11) is 1.64. The quantitative estimate of drug-likeness (QED) is 0.353. The normalized spacial score (nSPS) is 16.5. The molecular weight excluding hydrogens is 436 g/mol. The smallest absolute Gasteiger partial charge is 0.241 e. The first-order valence-electron chi connectivity index (χ1n) is 11.4. The summed E-state index contributed by atoms with van der Waals surface area (Å²) in [6.07, 6.45) is 2.86. The second-order valence-corrected chi connectivity index (χ2v) is 9.29. The minimum Gasteiger partial charge on any atom is -0.497 e. The van der Waals surface area contributed by atoms with Crippen molar-refractivity contribution >= 4 is 17.7 Å². The number of nitrogens with one attached hydrogen (secondary N) is 1. The fourth-order valence-electron chi connectivity index (χ4n) is 3.92. The van der Waals surface area contributed by atoms with Crippen LogP contribution in [0.4, 0.5) is 0 Å². The standard InChI is InChI=1S/C25H30N4O3S/c1-31-21-12-10-19(11-13-21)24-27-23(32-28-24)18-29-15-5-7-20(17-29)25(30)26-14-6-16-33-22-8-3-2-4-9-22/h2-4,8-13,20H,5-7,14-18H2,1H3,(H,26,30). The van der Waals surface area contributed by atoms with Crippen LogP contribution in [0.2, 0.25) is 0 Å². The highest BCUT2D eigenvalue weighted by Gasteiger charge is 2.26. The zero-order chi connectivity index (χ0) is 22.9. The predicted octanol–water partition coefficient (Wildman–Crippen LogP) is 4.26. The van der Waals surface area contributed by atoms with Gasteiger partial charge in [0.1, 0.15) is 5.75 Å². The van der Waals surface area contributed by atoms with E-state index in [0.717, 1.165) is 42.9 Å². The van der Waals surface area contributed by atoms with E-state index < -0.39 is 0 Å². The number of ether oxygens (including phenoxy) is 1. The number of benzene rings is 2. The van der Waals surface area contributed by atoms with Crippen molar-refractivity contribution in [3.63, 3.8) is 0 Å². The number of carbonyl (C=O) groups excluding carboxylic acids is 1. The third kappa shape index (κ3) is 6.82. The number of piperidine rings is 1. The highest BCUT2D eigenvalue weighted by atomic mass is 32.2. The average Bonchev–Trinajstić information content (AvgIpc) is 3.33. The lowest BCUT2D eigenvalue weighted by Crippen LogP contribution is -2.43. The summed E-state index contributed by atoms with van der Waals surface area (Å²) in [5, 5.41) is 7.22. The van der Waals surface area contributed by atoms with Crippen LogP contribution < -0.4 is 10.1 Å². The highest BCUT2D eigenvalue weighted by molar-refractivity contribution is 7.99. The van der Waals surface area contributed by atoms with Crippen LogP contribution in [-0.2, 0) is 11.3 Å². The maximum Gasteiger partial charge on any atom is 0.241 e. The number of hydrogen-bond donors (Lipinski definition) is 1. The molecule has 0 bridgehead atoms. The van der Waals surface area contributed by atoms with Gasteiger partial charge >= 0.3 is 0 Å². The molecule has 2 aromatic carbocycles. The van der Waals surface area contributed by atoms with Crippen LogP contribution in [0, 0.1) is 5.92 Å². The molecule has 1 saturated heterocycles. The topological polar surface area (TPSA) is 80.5 Å². The molecule has 4 rings (SSSR count). The molecule has 1 aliphatic rings. The van der Waals surface area contributed by atoms with Gasteiger partial charge < -0.3 is 14.6 Å². The lowest BCUT2D eigenvalue weighted by Gasteiger charge is -2.30. The van der Waals surface area contributed by atoms with Crippen molar-refractivity contribution in [2.75, 3.05) is 32.5 Å². The van der Waals surface area contributed by atoms with Gasteiger partial charge in [0, 0.05) is 23.5 Å². The molecule has 1 unspecified atom stereocenters. The van der Waals surface area contributed by atoms with E-state index >= 15 is 0 Å². The predicted molar refractivity (Wildman–Crippen MR) is 129 cm³/mol. The zero-order valence-corrected chi connectivity index (χ0v) is 19.7. The maximum absolute atomic E-state index is 12.7. The Labute approximate surface area is 198 Å². The van der Waals surface area contributed by atoms with Gasteiger partial charge in [0.25, 0.3) is 0 Å². The number of aromatic nitrogens is 2. The molecule has 0 radical (unpaired) electrons. The molecule has 8 heteroatoms. The number of likely N-dealkylation sites (tertiary alicyclic amines) is 1. The zero-order valence-electron chi connectivity index (χ0n) is 18.9. The van der Waals surface area contributed by atoms with Crippen molar-refractivity contribution in [2.24, 2.45) is 5.92 Å². The van der Waals surface area contributed by atoms with E-state index in [1.807, 2.05) is 54.2 Å². The van der Waals surface area contributed by atoms with Gasteiger partial charge in [-0.1, -0.05) is 23.4 Å². The van der Waals surface area contributed by atoms with Crippen LogP contribution in [0.3, 0.4) is 0 Å². The first-order valence-corrected chi connectivity index (χ1v) is 12.3. The molecule has 1 fully saturated rings. The Morgan fingerprint density at radius 1 is 1.21 bits per heavy atom. The third-order valence-electron chi connectivity index (χ3n) is 5.68. The van der Waals surface area contributed by atoms with E-state index in [-0.39, 0.29) is 11.8 Å². The summed E-state index contributed by atoms with van der Waals surface area (Å²) in [4.78, 5) is 20.7. The number of amides is 1. The Morgan fingerprint density at radius 3 is 2.82 bits per heavy atom. The molecule has 1 aromatic heterocycles. The maximum atomic E-state index is 12.7. The average molecular weight is 467 g/mol. The lowest BCUT2D eigenvalue weighted by molar-refractivity contribution is -0.126. The molecule has 0 spiro atoms. The lowest BCUT2D eigenvalue weighted by atomic mass is 9.97. The van der Waals surface area contributed by atoms with Crippen molar-refractivity contribution < 1.29 is 14.1 Å². The molecule has 1 N–H and O–H groups in total. The van der Waals surface area contributed by atoms with Crippen LogP contribution in [0.25, 0.3) is 11.4 Å². The summed E-state index contributed by atoms with van der Waals surface area (Å²) in [6.45, 7) is 2.91. The number of nitrogens with zero attached hydrogens (tertiary/aromatic N) is 3. The van der Waals surface area contributed by atoms with Gasteiger partial charge in [-0.15, -0.1) is 11.8 Å². The fraction of sp³-hybridized carbons (Fsp3) is 0.400. The molecule has 2 heterocycles. The second-order valence-electron chi connectivity index (χ2n) is 8.12. The molecule has 0 aliphatic carbocycles. The van der Waals surface area contributed by atoms with Crippen molar-refractivity contribution in [1.82, 2.24) is 20.4 Å². The van der Waals surface area contributed by atoms with Gasteiger partial charge in [-0.25, -0.2) is 0 Å². The van der Waals surface area contributed by atoms with E-state index in [0.29, 0.717) is 31.3 Å². The van der Waals surface area contributed by atoms with E-state index in [1.165, 1.54) is 4.90 Å². The summed E-state index contributed by atoms with van der Waals surface area (Å²) >= 11 is 1.82. The largest absolute Gasteiger partial charge is 0.497 e. The Hall–Kier alpha value is -2.84. The Morgan fingerprint density at radius 2 is 2.03 bits per heavy atom. The molecule has 7 nitrogen and oxygen atoms in total. The van der Waals surface area contributed by atoms with Crippen molar-refractivity contribution in [2.45, 2.75) is 30.7 Å².